The largest absolute Gasteiger partial charge is 0.443 e. The Morgan fingerprint density at radius 2 is 2.15 bits per heavy atom. The Morgan fingerprint density at radius 3 is 2.85 bits per heavy atom. The van der Waals surface area contributed by atoms with Crippen molar-refractivity contribution in [2.24, 2.45) is 0 Å². The van der Waals surface area contributed by atoms with Crippen molar-refractivity contribution in [3.8, 4) is 0 Å². The highest BCUT2D eigenvalue weighted by atomic mass is 15.2. The summed E-state index contributed by atoms with van der Waals surface area (Å²) < 4.78 is 4.40. The molecular formula is C16H29N4+. The molecule has 1 heterocycles. The molecule has 20 heavy (non-hydrogen) atoms. The molecule has 2 N–H and O–H groups in total. The SMILES string of the molecule is CCC1=C(C)C=[N+]=C(NCCCN(C)C2CCCC2)N1. The smallest absolute Gasteiger partial charge is 0.303 e. The Hall–Kier alpha value is -1.25. The predicted molar refractivity (Wildman–Crippen MR) is 86.8 cm³/mol. The Kier molecular flexibility index (Phi) is 5.69. The maximum absolute atomic E-state index is 4.40. The van der Waals surface area contributed by atoms with Gasteiger partial charge in [0.2, 0.25) is 0 Å². The summed E-state index contributed by atoms with van der Waals surface area (Å²) in [6, 6.07) is 0.825. The van der Waals surface area contributed by atoms with E-state index in [0.29, 0.717) is 0 Å². The molecule has 1 aliphatic heterocycles. The first-order valence-corrected chi connectivity index (χ1v) is 8.02. The predicted octanol–water partition coefficient (Wildman–Crippen LogP) is 1.62. The Balaban J connectivity index is 1.65. The summed E-state index contributed by atoms with van der Waals surface area (Å²) in [6.45, 7) is 6.42. The molecule has 4 heteroatoms. The fraction of sp³-hybridized carbons (Fsp3) is 0.750. The van der Waals surface area contributed by atoms with E-state index in [9.17, 15) is 0 Å². The maximum atomic E-state index is 4.40. The lowest BCUT2D eigenvalue weighted by Gasteiger charge is -2.23. The third-order valence-electron chi connectivity index (χ3n) is 4.41. The van der Waals surface area contributed by atoms with E-state index >= 15 is 0 Å². The number of nitrogens with zero attached hydrogens (tertiary/aromatic N) is 2. The van der Waals surface area contributed by atoms with Gasteiger partial charge >= 0.3 is 5.96 Å². The minimum absolute atomic E-state index is 0.825. The summed E-state index contributed by atoms with van der Waals surface area (Å²) in [4.78, 5) is 2.53. The first-order chi connectivity index (χ1) is 9.70. The molecule has 0 aromatic rings. The van der Waals surface area contributed by atoms with Crippen molar-refractivity contribution in [3.63, 3.8) is 0 Å². The van der Waals surface area contributed by atoms with E-state index in [-0.39, 0.29) is 0 Å². The first kappa shape index (κ1) is 15.1. The van der Waals surface area contributed by atoms with Gasteiger partial charge in [0.05, 0.1) is 12.2 Å². The van der Waals surface area contributed by atoms with Crippen LogP contribution in [0.1, 0.15) is 52.4 Å². The standard InChI is InChI=1S/C16H28N4/c1-4-15-13(2)12-18-16(19-15)17-10-7-11-20(3)14-8-5-6-9-14/h12,14H,4-11H2,1-3H3,(H,17,18,19)/p+1. The van der Waals surface area contributed by atoms with Crippen molar-refractivity contribution in [1.82, 2.24) is 20.2 Å². The van der Waals surface area contributed by atoms with Crippen LogP contribution >= 0.6 is 0 Å². The van der Waals surface area contributed by atoms with Gasteiger partial charge in [-0.25, -0.2) is 9.98 Å². The van der Waals surface area contributed by atoms with Crippen LogP contribution < -0.4 is 15.3 Å². The van der Waals surface area contributed by atoms with Crippen LogP contribution in [0.15, 0.2) is 11.3 Å². The van der Waals surface area contributed by atoms with E-state index in [0.717, 1.165) is 31.4 Å². The quantitative estimate of drug-likeness (QED) is 0.573. The third kappa shape index (κ3) is 4.12. The minimum atomic E-state index is 0.825. The molecule has 1 aliphatic carbocycles. The van der Waals surface area contributed by atoms with Gasteiger partial charge in [-0.2, -0.15) is 0 Å². The summed E-state index contributed by atoms with van der Waals surface area (Å²) in [6.07, 6.45) is 9.73. The first-order valence-electron chi connectivity index (χ1n) is 8.02. The summed E-state index contributed by atoms with van der Waals surface area (Å²) in [5.41, 5.74) is 2.50. The maximum Gasteiger partial charge on any atom is 0.443 e. The highest BCUT2D eigenvalue weighted by molar-refractivity contribution is 5.91. The molecule has 0 aromatic heterocycles. The van der Waals surface area contributed by atoms with Crippen molar-refractivity contribution in [2.45, 2.75) is 58.4 Å². The van der Waals surface area contributed by atoms with Crippen LogP contribution in [0.25, 0.3) is 0 Å². The number of hydrogen-bond acceptors (Lipinski definition) is 3. The lowest BCUT2D eigenvalue weighted by Crippen LogP contribution is -2.42. The second kappa shape index (κ2) is 7.51. The van der Waals surface area contributed by atoms with E-state index in [1.807, 2.05) is 6.21 Å². The second-order valence-electron chi connectivity index (χ2n) is 5.95. The minimum Gasteiger partial charge on any atom is -0.303 e. The van der Waals surface area contributed by atoms with Crippen LogP contribution in [-0.2, 0) is 0 Å². The molecule has 0 spiro atoms. The van der Waals surface area contributed by atoms with Crippen LogP contribution in [0, 0.1) is 0 Å². The van der Waals surface area contributed by atoms with Crippen molar-refractivity contribution >= 4 is 12.2 Å². The Labute approximate surface area is 123 Å². The lowest BCUT2D eigenvalue weighted by molar-refractivity contribution is 0.243. The monoisotopic (exact) mass is 277 g/mol. The van der Waals surface area contributed by atoms with Gasteiger partial charge in [-0.05, 0) is 39.7 Å². The van der Waals surface area contributed by atoms with E-state index in [2.05, 4.69) is 41.1 Å². The van der Waals surface area contributed by atoms with Crippen molar-refractivity contribution in [1.29, 1.82) is 0 Å². The molecular weight excluding hydrogens is 248 g/mol. The van der Waals surface area contributed by atoms with Gasteiger partial charge in [0.15, 0.2) is 6.21 Å². The Morgan fingerprint density at radius 1 is 1.40 bits per heavy atom. The number of hydrogen-bond donors (Lipinski definition) is 2. The Bertz CT molecular complexity index is 412. The molecule has 0 saturated heterocycles. The molecule has 4 nitrogen and oxygen atoms in total. The number of rotatable bonds is 6. The van der Waals surface area contributed by atoms with Crippen LogP contribution in [0.3, 0.4) is 0 Å². The van der Waals surface area contributed by atoms with Crippen LogP contribution in [0.2, 0.25) is 0 Å². The summed E-state index contributed by atoms with van der Waals surface area (Å²) in [5.74, 6) is 0.899. The van der Waals surface area contributed by atoms with Crippen molar-refractivity contribution in [3.05, 3.63) is 11.3 Å². The zero-order valence-corrected chi connectivity index (χ0v) is 13.2. The van der Waals surface area contributed by atoms with Gasteiger partial charge in [-0.15, -0.1) is 0 Å². The fourth-order valence-corrected chi connectivity index (χ4v) is 3.03. The van der Waals surface area contributed by atoms with Gasteiger partial charge < -0.3 is 4.90 Å². The molecule has 2 rings (SSSR count). The summed E-state index contributed by atoms with van der Waals surface area (Å²) in [5, 5.41) is 6.77. The zero-order chi connectivity index (χ0) is 14.4. The number of guanidine groups is 1. The van der Waals surface area contributed by atoms with Gasteiger partial charge in [0.25, 0.3) is 0 Å². The van der Waals surface area contributed by atoms with Crippen molar-refractivity contribution in [2.75, 3.05) is 20.1 Å². The van der Waals surface area contributed by atoms with E-state index < -0.39 is 0 Å². The van der Waals surface area contributed by atoms with Crippen LogP contribution in [-0.4, -0.2) is 43.3 Å². The lowest BCUT2D eigenvalue weighted by atomic mass is 10.2. The molecule has 0 amide bonds. The third-order valence-corrected chi connectivity index (χ3v) is 4.41. The van der Waals surface area contributed by atoms with Crippen LogP contribution in [0.5, 0.6) is 0 Å². The highest BCUT2D eigenvalue weighted by Gasteiger charge is 2.19. The fourth-order valence-electron chi connectivity index (χ4n) is 3.03. The molecule has 1 fully saturated rings. The average Bonchev–Trinajstić information content (AvgIpc) is 2.99. The van der Waals surface area contributed by atoms with E-state index in [1.165, 1.54) is 43.5 Å². The van der Waals surface area contributed by atoms with Gasteiger partial charge in [-0.3, -0.25) is 5.32 Å². The molecule has 0 radical (unpaired) electrons. The van der Waals surface area contributed by atoms with Crippen molar-refractivity contribution < 1.29 is 0 Å². The normalized spacial score (nSPS) is 19.5. The molecule has 112 valence electrons. The molecule has 0 unspecified atom stereocenters. The molecule has 0 bridgehead atoms. The zero-order valence-electron chi connectivity index (χ0n) is 13.2. The molecule has 0 atom stereocenters. The molecule has 0 aromatic carbocycles. The molecule has 1 saturated carbocycles. The number of allylic oxidation sites excluding steroid dienone is 2. The second-order valence-corrected chi connectivity index (χ2v) is 5.95. The van der Waals surface area contributed by atoms with Gasteiger partial charge in [0, 0.05) is 18.2 Å². The van der Waals surface area contributed by atoms with E-state index in [4.69, 9.17) is 0 Å². The van der Waals surface area contributed by atoms with Gasteiger partial charge in [-0.1, -0.05) is 19.8 Å². The van der Waals surface area contributed by atoms with Gasteiger partial charge in [0.1, 0.15) is 0 Å². The molecule has 2 aliphatic rings. The highest BCUT2D eigenvalue weighted by Crippen LogP contribution is 2.22. The van der Waals surface area contributed by atoms with Crippen LogP contribution in [0.4, 0.5) is 0 Å². The topological polar surface area (TPSA) is 41.4 Å². The average molecular weight is 277 g/mol. The summed E-state index contributed by atoms with van der Waals surface area (Å²) in [7, 11) is 2.27. The number of nitrogens with one attached hydrogen (secondary N) is 2. The summed E-state index contributed by atoms with van der Waals surface area (Å²) >= 11 is 0. The van der Waals surface area contributed by atoms with E-state index in [1.54, 1.807) is 0 Å².